The van der Waals surface area contributed by atoms with Gasteiger partial charge in [-0.05, 0) is 70.0 Å². The lowest BCUT2D eigenvalue weighted by molar-refractivity contribution is 0.156. The van der Waals surface area contributed by atoms with Crippen LogP contribution in [-0.2, 0) is 0 Å². The first-order valence-corrected chi connectivity index (χ1v) is 10.5. The molecular formula is C23H42. The molecule has 0 heterocycles. The summed E-state index contributed by atoms with van der Waals surface area (Å²) in [6.07, 6.45) is 1.39. The Bertz CT molecular complexity index is 457. The van der Waals surface area contributed by atoms with Gasteiger partial charge in [0.25, 0.3) is 0 Å². The molecule has 3 fully saturated rings. The average molecular weight is 319 g/mol. The average Bonchev–Trinajstić information content (AvgIpc) is 3.30. The fourth-order valence-corrected chi connectivity index (χ4v) is 8.28. The molecule has 0 aromatic heterocycles. The Balaban J connectivity index is 1.73. The van der Waals surface area contributed by atoms with Crippen molar-refractivity contribution in [2.45, 2.75) is 75.7 Å². The van der Waals surface area contributed by atoms with Crippen LogP contribution in [0.3, 0.4) is 0 Å². The van der Waals surface area contributed by atoms with Gasteiger partial charge in [-0.25, -0.2) is 0 Å². The van der Waals surface area contributed by atoms with Gasteiger partial charge in [0.1, 0.15) is 0 Å². The highest BCUT2D eigenvalue weighted by molar-refractivity contribution is 5.17. The van der Waals surface area contributed by atoms with Crippen molar-refractivity contribution in [2.24, 2.45) is 70.0 Å². The molecule has 9 atom stereocenters. The Hall–Kier alpha value is 0. The fraction of sp³-hybridized carbons (Fsp3) is 1.00. The minimum absolute atomic E-state index is 0.537. The first-order chi connectivity index (χ1) is 10.5. The molecule has 9 unspecified atom stereocenters. The van der Waals surface area contributed by atoms with E-state index in [4.69, 9.17) is 0 Å². The maximum absolute atomic E-state index is 2.61. The van der Waals surface area contributed by atoms with E-state index in [0.29, 0.717) is 10.8 Å². The van der Waals surface area contributed by atoms with Crippen molar-refractivity contribution in [1.82, 2.24) is 0 Å². The lowest BCUT2D eigenvalue weighted by atomic mass is 9.72. The molecule has 0 spiro atoms. The van der Waals surface area contributed by atoms with Crippen molar-refractivity contribution in [1.29, 1.82) is 0 Å². The molecule has 0 aromatic carbocycles. The summed E-state index contributed by atoms with van der Waals surface area (Å²) in [5.41, 5.74) is 1.09. The second kappa shape index (κ2) is 5.25. The minimum atomic E-state index is 0.537. The standard InChI is InChI=1S/C23H42/c1-11-16-13(4)18(16)22(7,8)20-15(6)21(20)23(9,10)19-14(5)17(19)12(2)3/h12-21H,11H2,1-10H3. The number of rotatable bonds is 6. The number of hydrogen-bond acceptors (Lipinski definition) is 0. The predicted octanol–water partition coefficient (Wildman–Crippen LogP) is 6.75. The molecule has 0 nitrogen and oxygen atoms in total. The summed E-state index contributed by atoms with van der Waals surface area (Å²) in [6, 6.07) is 0. The van der Waals surface area contributed by atoms with E-state index < -0.39 is 0 Å². The quantitative estimate of drug-likeness (QED) is 0.508. The van der Waals surface area contributed by atoms with E-state index >= 15 is 0 Å². The molecule has 0 amide bonds. The smallest absolute Gasteiger partial charge is 0.0287 e. The van der Waals surface area contributed by atoms with Crippen molar-refractivity contribution in [2.75, 3.05) is 0 Å². The van der Waals surface area contributed by atoms with Gasteiger partial charge in [0.05, 0.1) is 0 Å². The van der Waals surface area contributed by atoms with Crippen molar-refractivity contribution >= 4 is 0 Å². The van der Waals surface area contributed by atoms with Gasteiger partial charge in [-0.2, -0.15) is 0 Å². The summed E-state index contributed by atoms with van der Waals surface area (Å²) in [7, 11) is 0. The van der Waals surface area contributed by atoms with E-state index in [1.807, 2.05) is 0 Å². The Morgan fingerprint density at radius 2 is 1.17 bits per heavy atom. The monoisotopic (exact) mass is 318 g/mol. The summed E-state index contributed by atoms with van der Waals surface area (Å²) in [4.78, 5) is 0. The van der Waals surface area contributed by atoms with Crippen LogP contribution in [0.1, 0.15) is 75.7 Å². The van der Waals surface area contributed by atoms with Crippen LogP contribution in [0.5, 0.6) is 0 Å². The highest BCUT2D eigenvalue weighted by Crippen LogP contribution is 2.75. The van der Waals surface area contributed by atoms with Gasteiger partial charge >= 0.3 is 0 Å². The lowest BCUT2D eigenvalue weighted by Crippen LogP contribution is -2.27. The van der Waals surface area contributed by atoms with E-state index in [2.05, 4.69) is 69.2 Å². The van der Waals surface area contributed by atoms with Crippen LogP contribution < -0.4 is 0 Å². The molecule has 0 saturated heterocycles. The topological polar surface area (TPSA) is 0 Å². The maximum Gasteiger partial charge on any atom is -0.0287 e. The molecule has 0 aromatic rings. The van der Waals surface area contributed by atoms with Crippen LogP contribution in [0.25, 0.3) is 0 Å². The number of hydrogen-bond donors (Lipinski definition) is 0. The van der Waals surface area contributed by atoms with Gasteiger partial charge in [0, 0.05) is 0 Å². The molecule has 134 valence electrons. The Labute approximate surface area is 146 Å². The predicted molar refractivity (Wildman–Crippen MR) is 101 cm³/mol. The van der Waals surface area contributed by atoms with E-state index in [1.54, 1.807) is 0 Å². The second-order valence-corrected chi connectivity index (χ2v) is 11.2. The Kier molecular flexibility index (Phi) is 4.06. The third kappa shape index (κ3) is 2.44. The SMILES string of the molecule is CCC1C(C)C1C(C)(C)C1C(C)C1C(C)(C)C1C(C)C1C(C)C. The fourth-order valence-electron chi connectivity index (χ4n) is 8.28. The van der Waals surface area contributed by atoms with Crippen LogP contribution >= 0.6 is 0 Å². The lowest BCUT2D eigenvalue weighted by Gasteiger charge is -2.32. The molecule has 0 bridgehead atoms. The molecule has 23 heavy (non-hydrogen) atoms. The van der Waals surface area contributed by atoms with Crippen molar-refractivity contribution in [3.8, 4) is 0 Å². The van der Waals surface area contributed by atoms with Gasteiger partial charge < -0.3 is 0 Å². The van der Waals surface area contributed by atoms with Crippen molar-refractivity contribution in [3.63, 3.8) is 0 Å². The third-order valence-corrected chi connectivity index (χ3v) is 9.07. The van der Waals surface area contributed by atoms with E-state index in [1.165, 1.54) is 6.42 Å². The maximum atomic E-state index is 2.61. The summed E-state index contributed by atoms with van der Waals surface area (Å²) >= 11 is 0. The largest absolute Gasteiger partial charge is 0.0651 e. The first-order valence-electron chi connectivity index (χ1n) is 10.5. The van der Waals surface area contributed by atoms with Gasteiger partial charge in [-0.15, -0.1) is 0 Å². The summed E-state index contributed by atoms with van der Waals surface area (Å²) < 4.78 is 0. The molecular weight excluding hydrogens is 276 g/mol. The Morgan fingerprint density at radius 3 is 1.52 bits per heavy atom. The molecule has 3 aliphatic rings. The summed E-state index contributed by atoms with van der Waals surface area (Å²) in [5.74, 6) is 9.57. The molecule has 0 aliphatic heterocycles. The van der Waals surface area contributed by atoms with Gasteiger partial charge in [0.2, 0.25) is 0 Å². The minimum Gasteiger partial charge on any atom is -0.0651 e. The molecule has 0 radical (unpaired) electrons. The van der Waals surface area contributed by atoms with Gasteiger partial charge in [0.15, 0.2) is 0 Å². The second-order valence-electron chi connectivity index (χ2n) is 11.2. The zero-order valence-electron chi connectivity index (χ0n) is 17.5. The molecule has 3 saturated carbocycles. The normalized spacial score (nSPS) is 49.4. The molecule has 0 N–H and O–H groups in total. The van der Waals surface area contributed by atoms with Crippen LogP contribution in [0, 0.1) is 70.0 Å². The van der Waals surface area contributed by atoms with E-state index in [9.17, 15) is 0 Å². The van der Waals surface area contributed by atoms with Crippen LogP contribution in [0.15, 0.2) is 0 Å². The first kappa shape index (κ1) is 17.8. The van der Waals surface area contributed by atoms with Crippen molar-refractivity contribution < 1.29 is 0 Å². The van der Waals surface area contributed by atoms with E-state index in [-0.39, 0.29) is 0 Å². The van der Waals surface area contributed by atoms with E-state index in [0.717, 1.165) is 59.2 Å². The summed E-state index contributed by atoms with van der Waals surface area (Å²) in [5, 5.41) is 0. The molecule has 0 heteroatoms. The van der Waals surface area contributed by atoms with Crippen LogP contribution in [0.4, 0.5) is 0 Å². The molecule has 3 rings (SSSR count). The van der Waals surface area contributed by atoms with Gasteiger partial charge in [-0.1, -0.05) is 75.7 Å². The zero-order valence-corrected chi connectivity index (χ0v) is 17.5. The highest BCUT2D eigenvalue weighted by atomic mass is 14.7. The third-order valence-electron chi connectivity index (χ3n) is 9.07. The van der Waals surface area contributed by atoms with Crippen LogP contribution in [-0.4, -0.2) is 0 Å². The van der Waals surface area contributed by atoms with Crippen LogP contribution in [0.2, 0.25) is 0 Å². The Morgan fingerprint density at radius 1 is 0.696 bits per heavy atom. The molecule has 3 aliphatic carbocycles. The van der Waals surface area contributed by atoms with Gasteiger partial charge in [-0.3, -0.25) is 0 Å². The van der Waals surface area contributed by atoms with Crippen molar-refractivity contribution in [3.05, 3.63) is 0 Å². The highest BCUT2D eigenvalue weighted by Gasteiger charge is 2.70. The summed E-state index contributed by atoms with van der Waals surface area (Å²) in [6.45, 7) is 25.3. The zero-order chi connectivity index (χ0) is 17.5.